The van der Waals surface area contributed by atoms with Crippen LogP contribution >= 0.6 is 0 Å². The van der Waals surface area contributed by atoms with Crippen LogP contribution in [0.2, 0.25) is 0 Å². The molecule has 2 aliphatic rings. The lowest BCUT2D eigenvalue weighted by Gasteiger charge is -2.41. The zero-order chi connectivity index (χ0) is 21.7. The number of carbonyl (C=O) groups excluding carboxylic acids is 2. The summed E-state index contributed by atoms with van der Waals surface area (Å²) in [7, 11) is 1.59. The van der Waals surface area contributed by atoms with Gasteiger partial charge in [-0.15, -0.1) is 0 Å². The highest BCUT2D eigenvalue weighted by Crippen LogP contribution is 2.33. The second-order valence-corrected chi connectivity index (χ2v) is 8.17. The smallest absolute Gasteiger partial charge is 0.321 e. The fourth-order valence-corrected chi connectivity index (χ4v) is 4.29. The molecule has 0 aliphatic carbocycles. The molecule has 1 aromatic carbocycles. The summed E-state index contributed by atoms with van der Waals surface area (Å²) in [6.07, 6.45) is 2.94. The minimum atomic E-state index is -0.380. The van der Waals surface area contributed by atoms with E-state index >= 15 is 0 Å². The van der Waals surface area contributed by atoms with Gasteiger partial charge in [0.05, 0.1) is 18.9 Å². The maximum Gasteiger partial charge on any atom is 0.321 e. The molecule has 0 bridgehead atoms. The van der Waals surface area contributed by atoms with E-state index in [2.05, 4.69) is 17.1 Å². The van der Waals surface area contributed by atoms with Crippen LogP contribution in [0.5, 0.6) is 5.75 Å². The van der Waals surface area contributed by atoms with Crippen molar-refractivity contribution in [2.45, 2.75) is 51.7 Å². The molecule has 2 aliphatic heterocycles. The number of piperidine rings is 1. The molecule has 0 radical (unpaired) electrons. The number of nitrogens with one attached hydrogen (secondary N) is 1. The van der Waals surface area contributed by atoms with E-state index in [-0.39, 0.29) is 24.1 Å². The topological polar surface area (TPSA) is 85.4 Å². The van der Waals surface area contributed by atoms with Gasteiger partial charge in [0.25, 0.3) is 0 Å². The number of β-amino-alcohol motifs (C(OH)–C–C–N with tert-alkyl or cyclic N) is 1. The summed E-state index contributed by atoms with van der Waals surface area (Å²) in [5, 5.41) is 12.7. The number of hydrogen-bond donors (Lipinski definition) is 2. The van der Waals surface area contributed by atoms with Gasteiger partial charge >= 0.3 is 6.03 Å². The second kappa shape index (κ2) is 10.1. The van der Waals surface area contributed by atoms with Gasteiger partial charge in [-0.2, -0.15) is 0 Å². The fourth-order valence-electron chi connectivity index (χ4n) is 4.29. The third-order valence-corrected chi connectivity index (χ3v) is 5.91. The Bertz CT molecular complexity index is 755. The average Bonchev–Trinajstić information content (AvgIpc) is 2.74. The minimum absolute atomic E-state index is 0.0862. The highest BCUT2D eigenvalue weighted by molar-refractivity contribution is 5.97. The van der Waals surface area contributed by atoms with Crippen LogP contribution in [0.4, 0.5) is 16.2 Å². The molecule has 2 heterocycles. The Kier molecular flexibility index (Phi) is 7.55. The Morgan fingerprint density at radius 1 is 1.30 bits per heavy atom. The standard InChI is InChI=1S/C22H34N4O4/c1-4-18-15-25(12-11-24(18)14-16(2)27)22(29)23-17-8-9-20(30-3)19(13-17)26-10-6-5-7-21(26)28/h8-9,13,16,18,27H,4-7,10-12,14-15H2,1-3H3,(H,23,29). The number of benzene rings is 1. The molecule has 166 valence electrons. The number of piperazine rings is 1. The van der Waals surface area contributed by atoms with Gasteiger partial charge in [0.15, 0.2) is 0 Å². The maximum atomic E-state index is 12.9. The van der Waals surface area contributed by atoms with Crippen LogP contribution in [0.1, 0.15) is 39.5 Å². The van der Waals surface area contributed by atoms with Gasteiger partial charge in [-0.05, 0) is 44.4 Å². The predicted molar refractivity (Wildman–Crippen MR) is 117 cm³/mol. The summed E-state index contributed by atoms with van der Waals surface area (Å²) in [6, 6.07) is 5.50. The quantitative estimate of drug-likeness (QED) is 0.742. The van der Waals surface area contributed by atoms with Gasteiger partial charge in [-0.1, -0.05) is 6.92 Å². The van der Waals surface area contributed by atoms with Crippen LogP contribution < -0.4 is 15.0 Å². The van der Waals surface area contributed by atoms with Crippen molar-refractivity contribution in [3.05, 3.63) is 18.2 Å². The number of aliphatic hydroxyl groups excluding tert-OH is 1. The molecule has 3 amide bonds. The van der Waals surface area contributed by atoms with Gasteiger partial charge < -0.3 is 25.0 Å². The van der Waals surface area contributed by atoms with E-state index in [0.29, 0.717) is 49.7 Å². The zero-order valence-electron chi connectivity index (χ0n) is 18.3. The van der Waals surface area contributed by atoms with Gasteiger partial charge in [-0.3, -0.25) is 9.69 Å². The van der Waals surface area contributed by atoms with E-state index in [1.807, 2.05) is 11.0 Å². The van der Waals surface area contributed by atoms with E-state index in [4.69, 9.17) is 4.74 Å². The molecule has 8 heteroatoms. The molecule has 2 atom stereocenters. The summed E-state index contributed by atoms with van der Waals surface area (Å²) in [5.41, 5.74) is 1.35. The van der Waals surface area contributed by atoms with Crippen LogP contribution in [0.15, 0.2) is 18.2 Å². The molecule has 30 heavy (non-hydrogen) atoms. The van der Waals surface area contributed by atoms with Crippen molar-refractivity contribution in [1.82, 2.24) is 9.80 Å². The Balaban J connectivity index is 1.69. The number of aliphatic hydroxyl groups is 1. The number of urea groups is 1. The Hall–Kier alpha value is -2.32. The van der Waals surface area contributed by atoms with E-state index in [1.165, 1.54) is 0 Å². The molecular formula is C22H34N4O4. The summed E-state index contributed by atoms with van der Waals surface area (Å²) >= 11 is 0. The molecule has 0 spiro atoms. The third kappa shape index (κ3) is 5.23. The van der Waals surface area contributed by atoms with Crippen molar-refractivity contribution < 1.29 is 19.4 Å². The molecule has 2 fully saturated rings. The first kappa shape index (κ1) is 22.4. The Labute approximate surface area is 178 Å². The fraction of sp³-hybridized carbons (Fsp3) is 0.636. The monoisotopic (exact) mass is 418 g/mol. The number of rotatable bonds is 6. The van der Waals surface area contributed by atoms with Crippen molar-refractivity contribution in [1.29, 1.82) is 0 Å². The van der Waals surface area contributed by atoms with Crippen molar-refractivity contribution >= 4 is 23.3 Å². The normalized spacial score (nSPS) is 21.5. The predicted octanol–water partition coefficient (Wildman–Crippen LogP) is 2.52. The lowest BCUT2D eigenvalue weighted by atomic mass is 10.1. The number of amides is 3. The SMILES string of the molecule is CCC1CN(C(=O)Nc2ccc(OC)c(N3CCCCC3=O)c2)CCN1CC(C)O. The molecular weight excluding hydrogens is 384 g/mol. The van der Waals surface area contributed by atoms with Gasteiger partial charge in [0.2, 0.25) is 5.91 Å². The molecule has 1 aromatic rings. The molecule has 0 aromatic heterocycles. The maximum absolute atomic E-state index is 12.9. The number of carbonyl (C=O) groups is 2. The number of methoxy groups -OCH3 is 1. The summed E-state index contributed by atoms with van der Waals surface area (Å²) in [5.74, 6) is 0.712. The lowest BCUT2D eigenvalue weighted by molar-refractivity contribution is -0.119. The summed E-state index contributed by atoms with van der Waals surface area (Å²) < 4.78 is 5.45. The van der Waals surface area contributed by atoms with Crippen molar-refractivity contribution in [3.63, 3.8) is 0 Å². The van der Waals surface area contributed by atoms with Crippen LogP contribution in [-0.4, -0.2) is 78.8 Å². The first-order chi connectivity index (χ1) is 14.4. The van der Waals surface area contributed by atoms with E-state index in [9.17, 15) is 14.7 Å². The van der Waals surface area contributed by atoms with E-state index in [0.717, 1.165) is 25.8 Å². The molecule has 0 saturated carbocycles. The van der Waals surface area contributed by atoms with E-state index in [1.54, 1.807) is 31.1 Å². The van der Waals surface area contributed by atoms with Crippen LogP contribution in [0.25, 0.3) is 0 Å². The largest absolute Gasteiger partial charge is 0.495 e. The third-order valence-electron chi connectivity index (χ3n) is 5.91. The van der Waals surface area contributed by atoms with E-state index < -0.39 is 0 Å². The summed E-state index contributed by atoms with van der Waals surface area (Å²) in [6.45, 7) is 7.17. The number of nitrogens with zero attached hydrogens (tertiary/aromatic N) is 3. The first-order valence-corrected chi connectivity index (χ1v) is 10.9. The van der Waals surface area contributed by atoms with Crippen molar-refractivity contribution in [2.75, 3.05) is 50.1 Å². The highest BCUT2D eigenvalue weighted by Gasteiger charge is 2.29. The van der Waals surface area contributed by atoms with Crippen LogP contribution in [-0.2, 0) is 4.79 Å². The summed E-state index contributed by atoms with van der Waals surface area (Å²) in [4.78, 5) is 31.1. The molecule has 2 unspecified atom stereocenters. The molecule has 2 N–H and O–H groups in total. The Morgan fingerprint density at radius 3 is 2.77 bits per heavy atom. The zero-order valence-corrected chi connectivity index (χ0v) is 18.3. The van der Waals surface area contributed by atoms with Gasteiger partial charge in [-0.25, -0.2) is 4.79 Å². The second-order valence-electron chi connectivity index (χ2n) is 8.17. The average molecular weight is 419 g/mol. The van der Waals surface area contributed by atoms with Gasteiger partial charge in [0.1, 0.15) is 5.75 Å². The Morgan fingerprint density at radius 2 is 2.10 bits per heavy atom. The first-order valence-electron chi connectivity index (χ1n) is 10.9. The molecule has 2 saturated heterocycles. The number of ether oxygens (including phenoxy) is 1. The number of anilines is 2. The number of hydrogen-bond acceptors (Lipinski definition) is 5. The van der Waals surface area contributed by atoms with Crippen LogP contribution in [0.3, 0.4) is 0 Å². The minimum Gasteiger partial charge on any atom is -0.495 e. The highest BCUT2D eigenvalue weighted by atomic mass is 16.5. The van der Waals surface area contributed by atoms with Crippen molar-refractivity contribution in [3.8, 4) is 5.75 Å². The molecule has 3 rings (SSSR count). The van der Waals surface area contributed by atoms with Crippen molar-refractivity contribution in [2.24, 2.45) is 0 Å². The molecule has 8 nitrogen and oxygen atoms in total. The lowest BCUT2D eigenvalue weighted by Crippen LogP contribution is -2.56. The van der Waals surface area contributed by atoms with Crippen LogP contribution in [0, 0.1) is 0 Å². The van der Waals surface area contributed by atoms with Gasteiger partial charge in [0, 0.05) is 50.9 Å².